The molecule has 0 bridgehead atoms. The molecule has 0 aromatic carbocycles. The Bertz CT molecular complexity index is 480. The molecule has 0 radical (unpaired) electrons. The number of nitrogens with one attached hydrogen (secondary N) is 3. The summed E-state index contributed by atoms with van der Waals surface area (Å²) in [6.07, 6.45) is 0. The SMILES string of the molecule is CC(C)[C@@H](CO)NC(=O)CN(CC(=O)N[C@H](CO)C(C)C)CC(=O)N[C@H](CO)C(C)C. The fraction of sp³-hybridized carbons (Fsp3) is 0.857. The number of aliphatic hydroxyl groups excluding tert-OH is 3. The molecule has 10 heteroatoms. The highest BCUT2D eigenvalue weighted by molar-refractivity contribution is 5.84. The molecule has 182 valence electrons. The van der Waals surface area contributed by atoms with Gasteiger partial charge in [-0.25, -0.2) is 0 Å². The van der Waals surface area contributed by atoms with Crippen molar-refractivity contribution in [1.82, 2.24) is 20.9 Å². The van der Waals surface area contributed by atoms with Crippen molar-refractivity contribution >= 4 is 17.7 Å². The van der Waals surface area contributed by atoms with Gasteiger partial charge in [-0.15, -0.1) is 0 Å². The highest BCUT2D eigenvalue weighted by Gasteiger charge is 2.24. The molecule has 0 unspecified atom stereocenters. The number of hydrogen-bond acceptors (Lipinski definition) is 7. The normalized spacial score (nSPS) is 14.6. The van der Waals surface area contributed by atoms with E-state index < -0.39 is 35.8 Å². The molecule has 0 aliphatic rings. The van der Waals surface area contributed by atoms with Gasteiger partial charge in [-0.05, 0) is 17.8 Å². The lowest BCUT2D eigenvalue weighted by atomic mass is 10.1. The zero-order valence-corrected chi connectivity index (χ0v) is 19.7. The van der Waals surface area contributed by atoms with Crippen molar-refractivity contribution in [3.05, 3.63) is 0 Å². The molecule has 31 heavy (non-hydrogen) atoms. The Hall–Kier alpha value is -1.75. The van der Waals surface area contributed by atoms with Gasteiger partial charge in [0.15, 0.2) is 0 Å². The predicted molar refractivity (Wildman–Crippen MR) is 118 cm³/mol. The molecule has 0 saturated heterocycles. The van der Waals surface area contributed by atoms with Gasteiger partial charge in [0, 0.05) is 0 Å². The first kappa shape index (κ1) is 29.2. The molecule has 3 amide bonds. The minimum atomic E-state index is -0.434. The van der Waals surface area contributed by atoms with Crippen LogP contribution in [-0.2, 0) is 14.4 Å². The number of hydrogen-bond donors (Lipinski definition) is 6. The third-order valence-corrected chi connectivity index (χ3v) is 5.15. The molecule has 0 fully saturated rings. The maximum atomic E-state index is 12.5. The van der Waals surface area contributed by atoms with E-state index in [1.807, 2.05) is 41.5 Å². The summed E-state index contributed by atoms with van der Waals surface area (Å²) in [6.45, 7) is 9.86. The Morgan fingerprint density at radius 2 is 0.806 bits per heavy atom. The van der Waals surface area contributed by atoms with Gasteiger partial charge in [-0.1, -0.05) is 41.5 Å². The van der Waals surface area contributed by atoms with Crippen LogP contribution in [0.2, 0.25) is 0 Å². The standard InChI is InChI=1S/C21H42N4O6/c1-13(2)16(10-26)22-19(29)7-25(8-20(30)23-17(11-27)14(3)4)9-21(31)24-18(12-28)15(5)6/h13-18,26-28H,7-12H2,1-6H3,(H,22,29)(H,23,30)(H,24,31)/t16-,17-,18-/m1/s1. The summed E-state index contributed by atoms with van der Waals surface area (Å²) >= 11 is 0. The van der Waals surface area contributed by atoms with Gasteiger partial charge >= 0.3 is 0 Å². The minimum absolute atomic E-state index is 0.0155. The van der Waals surface area contributed by atoms with Gasteiger partial charge in [-0.3, -0.25) is 19.3 Å². The fourth-order valence-electron chi connectivity index (χ4n) is 2.80. The van der Waals surface area contributed by atoms with Crippen molar-refractivity contribution in [2.24, 2.45) is 17.8 Å². The Morgan fingerprint density at radius 3 is 0.968 bits per heavy atom. The van der Waals surface area contributed by atoms with Crippen LogP contribution in [0.5, 0.6) is 0 Å². The van der Waals surface area contributed by atoms with Gasteiger partial charge in [0.05, 0.1) is 57.6 Å². The maximum absolute atomic E-state index is 12.5. The molecule has 10 nitrogen and oxygen atoms in total. The fourth-order valence-corrected chi connectivity index (χ4v) is 2.80. The molecule has 6 N–H and O–H groups in total. The molecule has 0 saturated carbocycles. The van der Waals surface area contributed by atoms with Crippen molar-refractivity contribution in [2.45, 2.75) is 59.7 Å². The topological polar surface area (TPSA) is 151 Å². The molecule has 0 heterocycles. The second kappa shape index (κ2) is 15.1. The second-order valence-corrected chi connectivity index (χ2v) is 8.95. The van der Waals surface area contributed by atoms with Crippen LogP contribution in [0.15, 0.2) is 0 Å². The second-order valence-electron chi connectivity index (χ2n) is 8.95. The van der Waals surface area contributed by atoms with E-state index in [1.165, 1.54) is 4.90 Å². The van der Waals surface area contributed by atoms with Gasteiger partial charge in [0.1, 0.15) is 0 Å². The molecule has 3 atom stereocenters. The highest BCUT2D eigenvalue weighted by atomic mass is 16.3. The summed E-state index contributed by atoms with van der Waals surface area (Å²) in [5.74, 6) is -1.21. The van der Waals surface area contributed by atoms with E-state index in [2.05, 4.69) is 16.0 Å². The van der Waals surface area contributed by atoms with Crippen LogP contribution in [0.3, 0.4) is 0 Å². The molecule has 0 aromatic rings. The van der Waals surface area contributed by atoms with E-state index in [0.717, 1.165) is 0 Å². The third kappa shape index (κ3) is 12.0. The average Bonchev–Trinajstić information content (AvgIpc) is 2.67. The van der Waals surface area contributed by atoms with Crippen molar-refractivity contribution in [3.8, 4) is 0 Å². The zero-order chi connectivity index (χ0) is 24.1. The number of amides is 3. The van der Waals surface area contributed by atoms with Gasteiger partial charge < -0.3 is 31.3 Å². The first-order valence-corrected chi connectivity index (χ1v) is 10.9. The van der Waals surface area contributed by atoms with Crippen LogP contribution >= 0.6 is 0 Å². The van der Waals surface area contributed by atoms with Crippen molar-refractivity contribution in [1.29, 1.82) is 0 Å². The third-order valence-electron chi connectivity index (χ3n) is 5.15. The summed E-state index contributed by atoms with van der Waals surface area (Å²) in [4.78, 5) is 38.8. The monoisotopic (exact) mass is 446 g/mol. The summed E-state index contributed by atoms with van der Waals surface area (Å²) in [5, 5.41) is 36.4. The van der Waals surface area contributed by atoms with Crippen molar-refractivity contribution < 1.29 is 29.7 Å². The van der Waals surface area contributed by atoms with E-state index in [0.29, 0.717) is 0 Å². The van der Waals surface area contributed by atoms with Crippen molar-refractivity contribution in [3.63, 3.8) is 0 Å². The quantitative estimate of drug-likeness (QED) is 0.183. The minimum Gasteiger partial charge on any atom is -0.394 e. The van der Waals surface area contributed by atoms with Crippen molar-refractivity contribution in [2.75, 3.05) is 39.5 Å². The lowest BCUT2D eigenvalue weighted by molar-refractivity contribution is -0.129. The highest BCUT2D eigenvalue weighted by Crippen LogP contribution is 2.03. The van der Waals surface area contributed by atoms with Crippen LogP contribution in [0.4, 0.5) is 0 Å². The Labute approximate surface area is 185 Å². The zero-order valence-electron chi connectivity index (χ0n) is 19.7. The first-order chi connectivity index (χ1) is 14.4. The van der Waals surface area contributed by atoms with Crippen LogP contribution in [0.25, 0.3) is 0 Å². The van der Waals surface area contributed by atoms with Crippen LogP contribution in [-0.4, -0.2) is 95.5 Å². The van der Waals surface area contributed by atoms with Gasteiger partial charge in [0.25, 0.3) is 0 Å². The summed E-state index contributed by atoms with van der Waals surface area (Å²) < 4.78 is 0. The van der Waals surface area contributed by atoms with E-state index in [9.17, 15) is 29.7 Å². The van der Waals surface area contributed by atoms with E-state index in [1.54, 1.807) is 0 Å². The first-order valence-electron chi connectivity index (χ1n) is 10.9. The molecule has 0 spiro atoms. The molecule has 0 aliphatic carbocycles. The van der Waals surface area contributed by atoms with Gasteiger partial charge in [0.2, 0.25) is 17.7 Å². The average molecular weight is 447 g/mol. The van der Waals surface area contributed by atoms with E-state index in [4.69, 9.17) is 0 Å². The van der Waals surface area contributed by atoms with Crippen LogP contribution in [0.1, 0.15) is 41.5 Å². The predicted octanol–water partition coefficient (Wildman–Crippen LogP) is -1.31. The van der Waals surface area contributed by atoms with E-state index in [-0.39, 0.29) is 57.2 Å². The lowest BCUT2D eigenvalue weighted by Crippen LogP contribution is -2.52. The number of carbonyl (C=O) groups is 3. The maximum Gasteiger partial charge on any atom is 0.234 e. The largest absolute Gasteiger partial charge is 0.394 e. The molecule has 0 aromatic heterocycles. The number of aliphatic hydroxyl groups is 3. The number of carbonyl (C=O) groups excluding carboxylic acids is 3. The summed E-state index contributed by atoms with van der Waals surface area (Å²) in [5.41, 5.74) is 0. The van der Waals surface area contributed by atoms with Crippen LogP contribution < -0.4 is 16.0 Å². The Kier molecular flexibility index (Phi) is 14.3. The lowest BCUT2D eigenvalue weighted by Gasteiger charge is -2.27. The van der Waals surface area contributed by atoms with E-state index >= 15 is 0 Å². The van der Waals surface area contributed by atoms with Gasteiger partial charge in [-0.2, -0.15) is 0 Å². The Balaban J connectivity index is 5.20. The van der Waals surface area contributed by atoms with Crippen LogP contribution in [0, 0.1) is 17.8 Å². The molecular weight excluding hydrogens is 404 g/mol. The Morgan fingerprint density at radius 1 is 0.581 bits per heavy atom. The number of nitrogens with zero attached hydrogens (tertiary/aromatic N) is 1. The molecular formula is C21H42N4O6. The molecule has 0 rings (SSSR count). The smallest absolute Gasteiger partial charge is 0.234 e. The summed E-state index contributed by atoms with van der Waals surface area (Å²) in [6, 6.07) is -1.30. The molecule has 0 aliphatic heterocycles. The number of rotatable bonds is 15. The summed E-state index contributed by atoms with van der Waals surface area (Å²) in [7, 11) is 0.